The van der Waals surface area contributed by atoms with Gasteiger partial charge < -0.3 is 14.2 Å². The van der Waals surface area contributed by atoms with E-state index in [1.165, 1.54) is 6.33 Å². The minimum Gasteiger partial charge on any atom is -0.481 e. The van der Waals surface area contributed by atoms with Crippen LogP contribution < -0.4 is 9.64 Å². The van der Waals surface area contributed by atoms with Crippen LogP contribution in [0.1, 0.15) is 12.2 Å². The third-order valence-corrected chi connectivity index (χ3v) is 3.04. The summed E-state index contributed by atoms with van der Waals surface area (Å²) in [7, 11) is 5.63. The highest BCUT2D eigenvalue weighted by molar-refractivity contribution is 5.39. The van der Waals surface area contributed by atoms with Gasteiger partial charge in [-0.15, -0.1) is 0 Å². The molecule has 0 amide bonds. The van der Waals surface area contributed by atoms with E-state index in [2.05, 4.69) is 19.9 Å². The predicted octanol–water partition coefficient (Wildman–Crippen LogP) is 1.29. The first kappa shape index (κ1) is 13.3. The summed E-state index contributed by atoms with van der Waals surface area (Å²) in [5.41, 5.74) is 0. The first-order valence-electron chi connectivity index (χ1n) is 6.24. The Kier molecular flexibility index (Phi) is 4.33. The van der Waals surface area contributed by atoms with Crippen LogP contribution in [0.5, 0.6) is 5.88 Å². The van der Waals surface area contributed by atoms with Crippen LogP contribution in [-0.2, 0) is 13.5 Å². The molecule has 2 aromatic rings. The Hall–Kier alpha value is -2.11. The predicted molar refractivity (Wildman–Crippen MR) is 73.4 cm³/mol. The molecule has 0 spiro atoms. The van der Waals surface area contributed by atoms with Crippen LogP contribution in [-0.4, -0.2) is 40.2 Å². The molecule has 0 aliphatic heterocycles. The lowest BCUT2D eigenvalue weighted by molar-refractivity contribution is 0.397. The molecule has 0 aliphatic rings. The molecular weight excluding hydrogens is 242 g/mol. The van der Waals surface area contributed by atoms with Crippen molar-refractivity contribution >= 4 is 5.82 Å². The van der Waals surface area contributed by atoms with Gasteiger partial charge in [-0.05, 0) is 6.42 Å². The number of aromatic nitrogens is 4. The Morgan fingerprint density at radius 2 is 2.16 bits per heavy atom. The summed E-state index contributed by atoms with van der Waals surface area (Å²) in [6, 6.07) is 1.83. The van der Waals surface area contributed by atoms with Gasteiger partial charge in [0.15, 0.2) is 0 Å². The van der Waals surface area contributed by atoms with Crippen LogP contribution in [0, 0.1) is 0 Å². The lowest BCUT2D eigenvalue weighted by Gasteiger charge is -2.17. The van der Waals surface area contributed by atoms with Crippen molar-refractivity contribution in [1.29, 1.82) is 0 Å². The van der Waals surface area contributed by atoms with Crippen molar-refractivity contribution in [1.82, 2.24) is 19.5 Å². The minimum atomic E-state index is 0.584. The number of ether oxygens (including phenoxy) is 1. The van der Waals surface area contributed by atoms with Gasteiger partial charge in [0.05, 0.1) is 7.11 Å². The highest BCUT2D eigenvalue weighted by atomic mass is 16.5. The Labute approximate surface area is 113 Å². The molecule has 0 unspecified atom stereocenters. The number of aryl methyl sites for hydroxylation is 2. The largest absolute Gasteiger partial charge is 0.481 e. The van der Waals surface area contributed by atoms with Gasteiger partial charge in [0.25, 0.3) is 0 Å². The van der Waals surface area contributed by atoms with E-state index >= 15 is 0 Å². The molecule has 2 rings (SSSR count). The summed E-state index contributed by atoms with van der Waals surface area (Å²) in [4.78, 5) is 14.6. The van der Waals surface area contributed by atoms with Crippen molar-refractivity contribution < 1.29 is 4.74 Å². The number of anilines is 1. The lowest BCUT2D eigenvalue weighted by atomic mass is 10.3. The van der Waals surface area contributed by atoms with Crippen LogP contribution in [0.4, 0.5) is 5.82 Å². The van der Waals surface area contributed by atoms with E-state index in [1.54, 1.807) is 7.11 Å². The molecule has 2 heterocycles. The van der Waals surface area contributed by atoms with Gasteiger partial charge in [-0.25, -0.2) is 15.0 Å². The maximum absolute atomic E-state index is 5.09. The second kappa shape index (κ2) is 6.17. The highest BCUT2D eigenvalue weighted by Crippen LogP contribution is 2.14. The zero-order valence-electron chi connectivity index (χ0n) is 11.6. The topological polar surface area (TPSA) is 56.1 Å². The molecule has 0 fully saturated rings. The van der Waals surface area contributed by atoms with E-state index in [0.29, 0.717) is 5.88 Å². The first-order valence-corrected chi connectivity index (χ1v) is 6.24. The van der Waals surface area contributed by atoms with E-state index in [0.717, 1.165) is 31.0 Å². The summed E-state index contributed by atoms with van der Waals surface area (Å²) in [6.07, 6.45) is 7.29. The number of hydrogen-bond acceptors (Lipinski definition) is 5. The maximum Gasteiger partial charge on any atom is 0.218 e. The van der Waals surface area contributed by atoms with Crippen LogP contribution in [0.15, 0.2) is 24.8 Å². The number of imidazole rings is 1. The Bertz CT molecular complexity index is 525. The lowest BCUT2D eigenvalue weighted by Crippen LogP contribution is -2.20. The van der Waals surface area contributed by atoms with E-state index < -0.39 is 0 Å². The third kappa shape index (κ3) is 3.43. The van der Waals surface area contributed by atoms with Gasteiger partial charge in [0.2, 0.25) is 5.88 Å². The van der Waals surface area contributed by atoms with E-state index in [-0.39, 0.29) is 0 Å². The Balaban J connectivity index is 1.87. The fraction of sp³-hybridized carbons (Fsp3) is 0.462. The summed E-state index contributed by atoms with van der Waals surface area (Å²) in [5, 5.41) is 0. The monoisotopic (exact) mass is 261 g/mol. The van der Waals surface area contributed by atoms with Crippen molar-refractivity contribution in [2.45, 2.75) is 12.8 Å². The van der Waals surface area contributed by atoms with Crippen LogP contribution in [0.25, 0.3) is 0 Å². The Morgan fingerprint density at radius 1 is 1.32 bits per heavy atom. The molecule has 0 aliphatic carbocycles. The normalized spacial score (nSPS) is 10.5. The van der Waals surface area contributed by atoms with E-state index in [1.807, 2.05) is 37.1 Å². The standard InChI is InChI=1S/C13H19N5O/c1-17(12-9-13(19-3)16-10-15-12)7-4-5-11-14-6-8-18(11)2/h6,8-10H,4-5,7H2,1-3H3. The number of hydrogen-bond donors (Lipinski definition) is 0. The molecule has 2 aromatic heterocycles. The molecule has 0 aromatic carbocycles. The molecule has 0 atom stereocenters. The first-order chi connectivity index (χ1) is 9.20. The second-order valence-electron chi connectivity index (χ2n) is 4.40. The van der Waals surface area contributed by atoms with Gasteiger partial charge in [-0.2, -0.15) is 0 Å². The van der Waals surface area contributed by atoms with E-state index in [9.17, 15) is 0 Å². The molecule has 19 heavy (non-hydrogen) atoms. The van der Waals surface area contributed by atoms with Crippen LogP contribution in [0.3, 0.4) is 0 Å². The van der Waals surface area contributed by atoms with Gasteiger partial charge in [0.1, 0.15) is 18.0 Å². The van der Waals surface area contributed by atoms with Crippen molar-refractivity contribution in [2.24, 2.45) is 7.05 Å². The summed E-state index contributed by atoms with van der Waals surface area (Å²) >= 11 is 0. The number of rotatable bonds is 6. The van der Waals surface area contributed by atoms with Gasteiger partial charge >= 0.3 is 0 Å². The van der Waals surface area contributed by atoms with Crippen molar-refractivity contribution in [3.63, 3.8) is 0 Å². The summed E-state index contributed by atoms with van der Waals surface area (Å²) in [5.74, 6) is 2.56. The fourth-order valence-electron chi connectivity index (χ4n) is 1.88. The van der Waals surface area contributed by atoms with Crippen LogP contribution in [0.2, 0.25) is 0 Å². The molecule has 6 heteroatoms. The molecular formula is C13H19N5O. The SMILES string of the molecule is COc1cc(N(C)CCCc2nccn2C)ncn1. The maximum atomic E-state index is 5.09. The zero-order valence-corrected chi connectivity index (χ0v) is 11.6. The number of nitrogens with zero attached hydrogens (tertiary/aromatic N) is 5. The molecule has 0 saturated heterocycles. The smallest absolute Gasteiger partial charge is 0.218 e. The zero-order chi connectivity index (χ0) is 13.7. The van der Waals surface area contributed by atoms with Crippen molar-refractivity contribution in [2.75, 3.05) is 25.6 Å². The molecule has 6 nitrogen and oxygen atoms in total. The second-order valence-corrected chi connectivity index (χ2v) is 4.40. The molecule has 102 valence electrons. The fourth-order valence-corrected chi connectivity index (χ4v) is 1.88. The average molecular weight is 261 g/mol. The van der Waals surface area contributed by atoms with Gasteiger partial charge in [0, 0.05) is 45.5 Å². The summed E-state index contributed by atoms with van der Waals surface area (Å²) in [6.45, 7) is 0.910. The van der Waals surface area contributed by atoms with Crippen molar-refractivity contribution in [3.05, 3.63) is 30.6 Å². The molecule has 0 radical (unpaired) electrons. The average Bonchev–Trinajstić information content (AvgIpc) is 2.84. The minimum absolute atomic E-state index is 0.584. The third-order valence-electron chi connectivity index (χ3n) is 3.04. The van der Waals surface area contributed by atoms with Crippen LogP contribution >= 0.6 is 0 Å². The molecule has 0 saturated carbocycles. The number of methoxy groups -OCH3 is 1. The Morgan fingerprint density at radius 3 is 2.84 bits per heavy atom. The van der Waals surface area contributed by atoms with Gasteiger partial charge in [-0.1, -0.05) is 0 Å². The quantitative estimate of drug-likeness (QED) is 0.784. The molecule has 0 N–H and O–H groups in total. The summed E-state index contributed by atoms with van der Waals surface area (Å²) < 4.78 is 7.14. The van der Waals surface area contributed by atoms with Crippen molar-refractivity contribution in [3.8, 4) is 5.88 Å². The van der Waals surface area contributed by atoms with E-state index in [4.69, 9.17) is 4.74 Å². The van der Waals surface area contributed by atoms with Gasteiger partial charge in [-0.3, -0.25) is 0 Å². The highest BCUT2D eigenvalue weighted by Gasteiger charge is 2.05. The molecule has 0 bridgehead atoms.